The first-order chi connectivity index (χ1) is 9.63. The molecule has 118 valence electrons. The number of hydrogen-bond donors (Lipinski definition) is 3. The van der Waals surface area contributed by atoms with E-state index in [1.165, 1.54) is 6.20 Å². The Morgan fingerprint density at radius 3 is 2.62 bits per heavy atom. The summed E-state index contributed by atoms with van der Waals surface area (Å²) in [6, 6.07) is 1.36. The van der Waals surface area contributed by atoms with Gasteiger partial charge >= 0.3 is 6.03 Å². The summed E-state index contributed by atoms with van der Waals surface area (Å²) in [6.45, 7) is 9.97. The number of aliphatic hydroxyl groups excluding tert-OH is 1. The molecule has 5 nitrogen and oxygen atoms in total. The first-order valence-electron chi connectivity index (χ1n) is 6.98. The zero-order valence-corrected chi connectivity index (χ0v) is 14.0. The molecule has 0 saturated carbocycles. The molecule has 0 fully saturated rings. The summed E-state index contributed by atoms with van der Waals surface area (Å²) in [5.74, 6) is 0.132. The van der Waals surface area contributed by atoms with Crippen LogP contribution < -0.4 is 10.6 Å². The molecule has 0 aromatic carbocycles. The molecule has 3 N–H and O–H groups in total. The molecular formula is C15H24ClN3O2. The number of amides is 2. The standard InChI is InChI=1S/C15H24ClN3O2/c1-9(2)13(20)15(4,5)8-18-14(21)19-11-7-17-12(16)6-10(11)3/h6-7,9,13,20H,8H2,1-5H3,(H2,18,19,21). The van der Waals surface area contributed by atoms with E-state index in [2.05, 4.69) is 15.6 Å². The number of aliphatic hydroxyl groups is 1. The summed E-state index contributed by atoms with van der Waals surface area (Å²) in [6.07, 6.45) is 1.03. The molecule has 2 amide bonds. The molecule has 0 radical (unpaired) electrons. The monoisotopic (exact) mass is 313 g/mol. The van der Waals surface area contributed by atoms with Gasteiger partial charge in [0, 0.05) is 12.0 Å². The molecule has 1 aromatic heterocycles. The fourth-order valence-electron chi connectivity index (χ4n) is 2.13. The second-order valence-electron chi connectivity index (χ2n) is 6.31. The Morgan fingerprint density at radius 2 is 2.10 bits per heavy atom. The van der Waals surface area contributed by atoms with E-state index < -0.39 is 11.5 Å². The molecule has 0 saturated heterocycles. The van der Waals surface area contributed by atoms with Crippen LogP contribution in [0.3, 0.4) is 0 Å². The lowest BCUT2D eigenvalue weighted by Crippen LogP contribution is -2.44. The van der Waals surface area contributed by atoms with Gasteiger partial charge in [0.15, 0.2) is 0 Å². The van der Waals surface area contributed by atoms with Crippen LogP contribution in [0.15, 0.2) is 12.3 Å². The molecule has 1 atom stereocenters. The lowest BCUT2D eigenvalue weighted by Gasteiger charge is -2.33. The molecule has 1 unspecified atom stereocenters. The van der Waals surface area contributed by atoms with E-state index in [4.69, 9.17) is 11.6 Å². The molecule has 0 aliphatic heterocycles. The van der Waals surface area contributed by atoms with Gasteiger partial charge in [-0.1, -0.05) is 39.3 Å². The van der Waals surface area contributed by atoms with Crippen LogP contribution in [-0.2, 0) is 0 Å². The second kappa shape index (κ2) is 7.09. The van der Waals surface area contributed by atoms with Crippen molar-refractivity contribution in [1.82, 2.24) is 10.3 Å². The van der Waals surface area contributed by atoms with E-state index in [9.17, 15) is 9.90 Å². The number of nitrogens with one attached hydrogen (secondary N) is 2. The Kier molecular flexibility index (Phi) is 5.98. The van der Waals surface area contributed by atoms with E-state index in [0.717, 1.165) is 5.56 Å². The van der Waals surface area contributed by atoms with Gasteiger partial charge in [-0.05, 0) is 24.5 Å². The maximum atomic E-state index is 11.9. The quantitative estimate of drug-likeness (QED) is 0.731. The van der Waals surface area contributed by atoms with Crippen molar-refractivity contribution in [3.05, 3.63) is 23.0 Å². The Morgan fingerprint density at radius 1 is 1.48 bits per heavy atom. The predicted molar refractivity (Wildman–Crippen MR) is 85.6 cm³/mol. The smallest absolute Gasteiger partial charge is 0.319 e. The van der Waals surface area contributed by atoms with Gasteiger partial charge in [-0.15, -0.1) is 0 Å². The van der Waals surface area contributed by atoms with Gasteiger partial charge in [-0.25, -0.2) is 9.78 Å². The van der Waals surface area contributed by atoms with Crippen molar-refractivity contribution < 1.29 is 9.90 Å². The number of anilines is 1. The summed E-state index contributed by atoms with van der Waals surface area (Å²) >= 11 is 5.77. The highest BCUT2D eigenvalue weighted by Gasteiger charge is 2.30. The highest BCUT2D eigenvalue weighted by Crippen LogP contribution is 2.25. The van der Waals surface area contributed by atoms with Crippen LogP contribution in [0.5, 0.6) is 0 Å². The van der Waals surface area contributed by atoms with Crippen LogP contribution >= 0.6 is 11.6 Å². The van der Waals surface area contributed by atoms with E-state index in [0.29, 0.717) is 17.4 Å². The topological polar surface area (TPSA) is 74.2 Å². The fraction of sp³-hybridized carbons (Fsp3) is 0.600. The maximum Gasteiger partial charge on any atom is 0.319 e. The minimum absolute atomic E-state index is 0.132. The molecule has 0 spiro atoms. The Balaban J connectivity index is 2.58. The predicted octanol–water partition coefficient (Wildman–Crippen LogP) is 3.21. The summed E-state index contributed by atoms with van der Waals surface area (Å²) in [4.78, 5) is 15.9. The van der Waals surface area contributed by atoms with Crippen LogP contribution in [0.1, 0.15) is 33.3 Å². The lowest BCUT2D eigenvalue weighted by molar-refractivity contribution is 0.0154. The molecule has 21 heavy (non-hydrogen) atoms. The van der Waals surface area contributed by atoms with Gasteiger partial charge in [0.2, 0.25) is 0 Å². The van der Waals surface area contributed by atoms with E-state index in [1.807, 2.05) is 34.6 Å². The zero-order chi connectivity index (χ0) is 16.2. The number of nitrogens with zero attached hydrogens (tertiary/aromatic N) is 1. The number of aryl methyl sites for hydroxylation is 1. The molecule has 1 rings (SSSR count). The zero-order valence-electron chi connectivity index (χ0n) is 13.2. The minimum Gasteiger partial charge on any atom is -0.392 e. The molecule has 0 bridgehead atoms. The third kappa shape index (κ3) is 5.17. The van der Waals surface area contributed by atoms with Gasteiger partial charge in [-0.3, -0.25) is 0 Å². The third-order valence-corrected chi connectivity index (χ3v) is 3.67. The van der Waals surface area contributed by atoms with Gasteiger partial charge in [0.25, 0.3) is 0 Å². The van der Waals surface area contributed by atoms with Gasteiger partial charge in [-0.2, -0.15) is 0 Å². The van der Waals surface area contributed by atoms with Gasteiger partial charge in [0.1, 0.15) is 5.15 Å². The van der Waals surface area contributed by atoms with Crippen molar-refractivity contribution >= 4 is 23.3 Å². The number of halogens is 1. The van der Waals surface area contributed by atoms with Crippen molar-refractivity contribution in [2.75, 3.05) is 11.9 Å². The molecule has 6 heteroatoms. The number of urea groups is 1. The van der Waals surface area contributed by atoms with E-state index >= 15 is 0 Å². The van der Waals surface area contributed by atoms with Crippen molar-refractivity contribution in [3.8, 4) is 0 Å². The van der Waals surface area contributed by atoms with Gasteiger partial charge in [0.05, 0.1) is 18.0 Å². The Hall–Kier alpha value is -1.33. The number of pyridine rings is 1. The largest absolute Gasteiger partial charge is 0.392 e. The number of hydrogen-bond acceptors (Lipinski definition) is 3. The number of aromatic nitrogens is 1. The Bertz CT molecular complexity index is 504. The average Bonchev–Trinajstić information content (AvgIpc) is 2.39. The van der Waals surface area contributed by atoms with Crippen LogP contribution in [-0.4, -0.2) is 28.8 Å². The van der Waals surface area contributed by atoms with Crippen molar-refractivity contribution in [2.24, 2.45) is 11.3 Å². The van der Waals surface area contributed by atoms with Crippen LogP contribution in [0.4, 0.5) is 10.5 Å². The highest BCUT2D eigenvalue weighted by atomic mass is 35.5. The van der Waals surface area contributed by atoms with Crippen molar-refractivity contribution in [3.63, 3.8) is 0 Å². The Labute approximate surface area is 131 Å². The third-order valence-electron chi connectivity index (χ3n) is 3.46. The number of carbonyl (C=O) groups excluding carboxylic acids is 1. The molecule has 0 aliphatic rings. The van der Waals surface area contributed by atoms with Crippen LogP contribution in [0.25, 0.3) is 0 Å². The first kappa shape index (κ1) is 17.7. The first-order valence-corrected chi connectivity index (χ1v) is 7.36. The number of rotatable bonds is 5. The molecule has 0 aliphatic carbocycles. The fourth-order valence-corrected chi connectivity index (χ4v) is 2.35. The highest BCUT2D eigenvalue weighted by molar-refractivity contribution is 6.29. The summed E-state index contributed by atoms with van der Waals surface area (Å²) in [5, 5.41) is 16.0. The SMILES string of the molecule is Cc1cc(Cl)ncc1NC(=O)NCC(C)(C)C(O)C(C)C. The molecular weight excluding hydrogens is 290 g/mol. The molecule has 1 aromatic rings. The lowest BCUT2D eigenvalue weighted by atomic mass is 9.81. The summed E-state index contributed by atoms with van der Waals surface area (Å²) < 4.78 is 0. The minimum atomic E-state index is -0.489. The normalized spacial score (nSPS) is 13.1. The average molecular weight is 314 g/mol. The van der Waals surface area contributed by atoms with Crippen LogP contribution in [0.2, 0.25) is 5.15 Å². The van der Waals surface area contributed by atoms with Crippen LogP contribution in [0, 0.1) is 18.3 Å². The van der Waals surface area contributed by atoms with E-state index in [1.54, 1.807) is 6.07 Å². The summed E-state index contributed by atoms with van der Waals surface area (Å²) in [5.41, 5.74) is 1.05. The van der Waals surface area contributed by atoms with Gasteiger partial charge < -0.3 is 15.7 Å². The number of carbonyl (C=O) groups is 1. The maximum absolute atomic E-state index is 11.9. The second-order valence-corrected chi connectivity index (χ2v) is 6.69. The van der Waals surface area contributed by atoms with Crippen molar-refractivity contribution in [1.29, 1.82) is 0 Å². The molecule has 1 heterocycles. The summed E-state index contributed by atoms with van der Waals surface area (Å²) in [7, 11) is 0. The van der Waals surface area contributed by atoms with Crippen molar-refractivity contribution in [2.45, 2.75) is 40.7 Å². The van der Waals surface area contributed by atoms with E-state index in [-0.39, 0.29) is 11.9 Å².